The SMILES string of the molecule is CCCCNc1nnc(C)o1. The van der Waals surface area contributed by atoms with Crippen molar-refractivity contribution in [3.63, 3.8) is 0 Å². The number of nitrogens with one attached hydrogen (secondary N) is 1. The van der Waals surface area contributed by atoms with Crippen LogP contribution in [0.4, 0.5) is 6.01 Å². The first-order chi connectivity index (χ1) is 5.33. The zero-order valence-electron chi connectivity index (χ0n) is 6.92. The van der Waals surface area contributed by atoms with E-state index in [1.807, 2.05) is 0 Å². The topological polar surface area (TPSA) is 51.0 Å². The molecule has 0 radical (unpaired) electrons. The van der Waals surface area contributed by atoms with Gasteiger partial charge in [-0.2, -0.15) is 0 Å². The third-order valence-corrected chi connectivity index (χ3v) is 1.33. The first-order valence-electron chi connectivity index (χ1n) is 3.87. The van der Waals surface area contributed by atoms with Gasteiger partial charge in [0.05, 0.1) is 0 Å². The molecule has 0 aromatic carbocycles. The smallest absolute Gasteiger partial charge is 0.315 e. The van der Waals surface area contributed by atoms with Gasteiger partial charge in [-0.25, -0.2) is 0 Å². The van der Waals surface area contributed by atoms with Crippen LogP contribution in [0.3, 0.4) is 0 Å². The molecule has 0 bridgehead atoms. The van der Waals surface area contributed by atoms with Crippen molar-refractivity contribution < 1.29 is 4.42 Å². The lowest BCUT2D eigenvalue weighted by Crippen LogP contribution is -2.00. The van der Waals surface area contributed by atoms with Gasteiger partial charge < -0.3 is 9.73 Å². The van der Waals surface area contributed by atoms with Crippen LogP contribution in [0.25, 0.3) is 0 Å². The molecule has 0 unspecified atom stereocenters. The van der Waals surface area contributed by atoms with Gasteiger partial charge in [0, 0.05) is 13.5 Å². The highest BCUT2D eigenvalue weighted by Crippen LogP contribution is 2.03. The summed E-state index contributed by atoms with van der Waals surface area (Å²) >= 11 is 0. The molecule has 0 aliphatic carbocycles. The third-order valence-electron chi connectivity index (χ3n) is 1.33. The van der Waals surface area contributed by atoms with Gasteiger partial charge >= 0.3 is 6.01 Å². The van der Waals surface area contributed by atoms with Gasteiger partial charge in [0.1, 0.15) is 0 Å². The van der Waals surface area contributed by atoms with Crippen LogP contribution in [-0.2, 0) is 0 Å². The summed E-state index contributed by atoms with van der Waals surface area (Å²) in [5.41, 5.74) is 0. The van der Waals surface area contributed by atoms with Gasteiger partial charge in [0.2, 0.25) is 5.89 Å². The maximum absolute atomic E-state index is 5.10. The summed E-state index contributed by atoms with van der Waals surface area (Å²) in [6.45, 7) is 4.82. The number of unbranched alkanes of at least 4 members (excludes halogenated alkanes) is 1. The molecule has 0 spiro atoms. The Morgan fingerprint density at radius 2 is 2.27 bits per heavy atom. The Balaban J connectivity index is 2.27. The molecule has 0 atom stereocenters. The van der Waals surface area contributed by atoms with E-state index in [9.17, 15) is 0 Å². The van der Waals surface area contributed by atoms with Crippen molar-refractivity contribution >= 4 is 6.01 Å². The first kappa shape index (κ1) is 8.04. The largest absolute Gasteiger partial charge is 0.408 e. The van der Waals surface area contributed by atoms with Gasteiger partial charge in [-0.1, -0.05) is 18.4 Å². The molecule has 62 valence electrons. The molecule has 1 rings (SSSR count). The van der Waals surface area contributed by atoms with E-state index in [4.69, 9.17) is 4.42 Å². The molecule has 0 saturated heterocycles. The van der Waals surface area contributed by atoms with E-state index >= 15 is 0 Å². The van der Waals surface area contributed by atoms with Gasteiger partial charge in [-0.15, -0.1) is 5.10 Å². The van der Waals surface area contributed by atoms with Crippen molar-refractivity contribution in [3.05, 3.63) is 5.89 Å². The van der Waals surface area contributed by atoms with Crippen molar-refractivity contribution in [2.75, 3.05) is 11.9 Å². The van der Waals surface area contributed by atoms with Crippen molar-refractivity contribution in [1.29, 1.82) is 0 Å². The van der Waals surface area contributed by atoms with Crippen LogP contribution in [0, 0.1) is 6.92 Å². The summed E-state index contributed by atoms with van der Waals surface area (Å²) in [7, 11) is 0. The van der Waals surface area contributed by atoms with Crippen LogP contribution < -0.4 is 5.32 Å². The molecular formula is C7H13N3O. The van der Waals surface area contributed by atoms with Crippen LogP contribution in [-0.4, -0.2) is 16.7 Å². The lowest BCUT2D eigenvalue weighted by atomic mass is 10.3. The third kappa shape index (κ3) is 2.57. The molecule has 0 aliphatic heterocycles. The van der Waals surface area contributed by atoms with Crippen LogP contribution >= 0.6 is 0 Å². The Morgan fingerprint density at radius 1 is 1.45 bits per heavy atom. The van der Waals surface area contributed by atoms with E-state index in [0.717, 1.165) is 13.0 Å². The number of hydrogen-bond acceptors (Lipinski definition) is 4. The molecule has 4 heteroatoms. The first-order valence-corrected chi connectivity index (χ1v) is 3.87. The number of rotatable bonds is 4. The van der Waals surface area contributed by atoms with Crippen molar-refractivity contribution in [2.45, 2.75) is 26.7 Å². The summed E-state index contributed by atoms with van der Waals surface area (Å²) in [6.07, 6.45) is 2.29. The number of anilines is 1. The molecule has 0 aliphatic rings. The van der Waals surface area contributed by atoms with E-state index in [0.29, 0.717) is 11.9 Å². The minimum absolute atomic E-state index is 0.524. The van der Waals surface area contributed by atoms with Gasteiger partial charge in [-0.3, -0.25) is 0 Å². The van der Waals surface area contributed by atoms with Crippen LogP contribution in [0.15, 0.2) is 4.42 Å². The summed E-state index contributed by atoms with van der Waals surface area (Å²) in [5, 5.41) is 10.5. The van der Waals surface area contributed by atoms with E-state index < -0.39 is 0 Å². The average molecular weight is 155 g/mol. The normalized spacial score (nSPS) is 10.0. The molecule has 1 aromatic rings. The lowest BCUT2D eigenvalue weighted by molar-refractivity contribution is 0.530. The summed E-state index contributed by atoms with van der Waals surface area (Å²) in [4.78, 5) is 0. The summed E-state index contributed by atoms with van der Waals surface area (Å²) < 4.78 is 5.10. The van der Waals surface area contributed by atoms with E-state index in [1.54, 1.807) is 6.92 Å². The zero-order chi connectivity index (χ0) is 8.10. The molecule has 11 heavy (non-hydrogen) atoms. The fraction of sp³-hybridized carbons (Fsp3) is 0.714. The van der Waals surface area contributed by atoms with E-state index in [-0.39, 0.29) is 0 Å². The Morgan fingerprint density at radius 3 is 2.82 bits per heavy atom. The monoisotopic (exact) mass is 155 g/mol. The molecular weight excluding hydrogens is 142 g/mol. The van der Waals surface area contributed by atoms with Crippen molar-refractivity contribution in [2.24, 2.45) is 0 Å². The molecule has 1 aromatic heterocycles. The Bertz CT molecular complexity index is 209. The van der Waals surface area contributed by atoms with Crippen molar-refractivity contribution in [3.8, 4) is 0 Å². The predicted molar refractivity (Wildman–Crippen MR) is 42.4 cm³/mol. The van der Waals surface area contributed by atoms with E-state index in [1.165, 1.54) is 6.42 Å². The maximum Gasteiger partial charge on any atom is 0.315 e. The highest BCUT2D eigenvalue weighted by molar-refractivity contribution is 5.15. The Kier molecular flexibility index (Phi) is 2.89. The molecule has 0 amide bonds. The van der Waals surface area contributed by atoms with E-state index in [2.05, 4.69) is 22.4 Å². The maximum atomic E-state index is 5.10. The number of nitrogens with zero attached hydrogens (tertiary/aromatic N) is 2. The second kappa shape index (κ2) is 3.95. The fourth-order valence-corrected chi connectivity index (χ4v) is 0.740. The molecule has 1 heterocycles. The van der Waals surface area contributed by atoms with Gasteiger partial charge in [0.25, 0.3) is 0 Å². The van der Waals surface area contributed by atoms with Gasteiger partial charge in [0.15, 0.2) is 0 Å². The summed E-state index contributed by atoms with van der Waals surface area (Å²) in [6, 6.07) is 0.524. The summed E-state index contributed by atoms with van der Waals surface area (Å²) in [5.74, 6) is 0.601. The van der Waals surface area contributed by atoms with Crippen LogP contribution in [0.1, 0.15) is 25.7 Å². The lowest BCUT2D eigenvalue weighted by Gasteiger charge is -1.96. The van der Waals surface area contributed by atoms with Crippen molar-refractivity contribution in [1.82, 2.24) is 10.2 Å². The Hall–Kier alpha value is -1.06. The zero-order valence-corrected chi connectivity index (χ0v) is 6.92. The highest BCUT2D eigenvalue weighted by Gasteiger charge is 1.98. The predicted octanol–water partition coefficient (Wildman–Crippen LogP) is 1.59. The fourth-order valence-electron chi connectivity index (χ4n) is 0.740. The Labute approximate surface area is 66.0 Å². The van der Waals surface area contributed by atoms with Crippen LogP contribution in [0.5, 0.6) is 0 Å². The molecule has 4 nitrogen and oxygen atoms in total. The quantitative estimate of drug-likeness (QED) is 0.671. The minimum atomic E-state index is 0.524. The van der Waals surface area contributed by atoms with Gasteiger partial charge in [-0.05, 0) is 6.42 Å². The standard InChI is InChI=1S/C7H13N3O/c1-3-4-5-8-7-10-9-6(2)11-7/h3-5H2,1-2H3,(H,8,10). The average Bonchev–Trinajstić information content (AvgIpc) is 2.37. The van der Waals surface area contributed by atoms with Crippen LogP contribution in [0.2, 0.25) is 0 Å². The minimum Gasteiger partial charge on any atom is -0.408 e. The number of aryl methyl sites for hydroxylation is 1. The second-order valence-corrected chi connectivity index (χ2v) is 2.41. The number of hydrogen-bond donors (Lipinski definition) is 1. The molecule has 0 saturated carbocycles. The second-order valence-electron chi connectivity index (χ2n) is 2.41. The molecule has 1 N–H and O–H groups in total. The highest BCUT2D eigenvalue weighted by atomic mass is 16.4. The number of aromatic nitrogens is 2. The molecule has 0 fully saturated rings.